The van der Waals surface area contributed by atoms with Crippen molar-refractivity contribution in [3.05, 3.63) is 41.6 Å². The number of rotatable bonds is 3. The smallest absolute Gasteiger partial charge is 0.248 e. The van der Waals surface area contributed by atoms with Crippen LogP contribution < -0.4 is 5.32 Å². The van der Waals surface area contributed by atoms with Crippen LogP contribution in [0.5, 0.6) is 0 Å². The van der Waals surface area contributed by atoms with Crippen molar-refractivity contribution in [3.63, 3.8) is 0 Å². The second-order valence-corrected chi connectivity index (χ2v) is 6.10. The summed E-state index contributed by atoms with van der Waals surface area (Å²) < 4.78 is 1.67. The van der Waals surface area contributed by atoms with Crippen molar-refractivity contribution in [2.45, 2.75) is 32.7 Å². The summed E-state index contributed by atoms with van der Waals surface area (Å²) in [4.78, 5) is 25.7. The number of hydrogen-bond acceptors (Lipinski definition) is 4. The maximum absolute atomic E-state index is 12.5. The van der Waals surface area contributed by atoms with Gasteiger partial charge in [-0.1, -0.05) is 6.07 Å². The second-order valence-electron chi connectivity index (χ2n) is 6.10. The van der Waals surface area contributed by atoms with Crippen molar-refractivity contribution >= 4 is 17.6 Å². The number of amides is 2. The molecule has 1 saturated heterocycles. The predicted molar refractivity (Wildman–Crippen MR) is 92.1 cm³/mol. The van der Waals surface area contributed by atoms with E-state index >= 15 is 0 Å². The molecule has 2 aromatic rings. The third-order valence-corrected chi connectivity index (χ3v) is 4.32. The van der Waals surface area contributed by atoms with Crippen LogP contribution in [0.1, 0.15) is 31.0 Å². The minimum absolute atomic E-state index is 0.0901. The van der Waals surface area contributed by atoms with Gasteiger partial charge in [-0.15, -0.1) is 5.10 Å². The Kier molecular flexibility index (Phi) is 4.52. The molecule has 1 atom stereocenters. The molecule has 1 aromatic heterocycles. The molecule has 7 heteroatoms. The van der Waals surface area contributed by atoms with Gasteiger partial charge in [0.15, 0.2) is 5.82 Å². The summed E-state index contributed by atoms with van der Waals surface area (Å²) in [6.45, 7) is 3.97. The van der Waals surface area contributed by atoms with Gasteiger partial charge in [-0.25, -0.2) is 4.68 Å². The first-order chi connectivity index (χ1) is 12.0. The maximum atomic E-state index is 12.5. The zero-order chi connectivity index (χ0) is 18.0. The molecule has 1 unspecified atom stereocenters. The monoisotopic (exact) mass is 337 g/mol. The third kappa shape index (κ3) is 3.38. The molecule has 0 aliphatic carbocycles. The lowest BCUT2D eigenvalue weighted by Gasteiger charge is -2.21. The number of aromatic nitrogens is 2. The van der Waals surface area contributed by atoms with Crippen LogP contribution in [0.15, 0.2) is 30.3 Å². The molecule has 1 fully saturated rings. The summed E-state index contributed by atoms with van der Waals surface area (Å²) in [5, 5.41) is 16.2. The lowest BCUT2D eigenvalue weighted by Crippen LogP contribution is -2.42. The minimum atomic E-state index is -0.440. The van der Waals surface area contributed by atoms with E-state index in [0.29, 0.717) is 24.3 Å². The van der Waals surface area contributed by atoms with Gasteiger partial charge in [0.2, 0.25) is 11.8 Å². The van der Waals surface area contributed by atoms with Gasteiger partial charge in [0, 0.05) is 25.2 Å². The fourth-order valence-corrected chi connectivity index (χ4v) is 3.13. The molecule has 1 aliphatic rings. The molecule has 2 heterocycles. The van der Waals surface area contributed by atoms with E-state index in [4.69, 9.17) is 5.26 Å². The molecule has 2 amide bonds. The summed E-state index contributed by atoms with van der Waals surface area (Å²) in [5.74, 6) is 0.121. The van der Waals surface area contributed by atoms with E-state index in [9.17, 15) is 9.59 Å². The van der Waals surface area contributed by atoms with Crippen LogP contribution in [0.2, 0.25) is 0 Å². The van der Waals surface area contributed by atoms with E-state index in [1.807, 2.05) is 13.0 Å². The van der Waals surface area contributed by atoms with Crippen molar-refractivity contribution in [1.82, 2.24) is 14.7 Å². The Balaban J connectivity index is 1.80. The van der Waals surface area contributed by atoms with Gasteiger partial charge >= 0.3 is 0 Å². The average Bonchev–Trinajstić information content (AvgIpc) is 3.21. The van der Waals surface area contributed by atoms with Crippen LogP contribution >= 0.6 is 0 Å². The van der Waals surface area contributed by atoms with Crippen LogP contribution in [-0.2, 0) is 9.59 Å². The Morgan fingerprint density at radius 2 is 2.16 bits per heavy atom. The molecule has 7 nitrogen and oxygen atoms in total. The summed E-state index contributed by atoms with van der Waals surface area (Å²) in [5.41, 5.74) is 2.13. The van der Waals surface area contributed by atoms with Gasteiger partial charge in [0.1, 0.15) is 6.04 Å². The van der Waals surface area contributed by atoms with E-state index in [0.717, 1.165) is 17.8 Å². The molecule has 1 aliphatic heterocycles. The number of aryl methyl sites for hydroxylation is 1. The van der Waals surface area contributed by atoms with E-state index in [-0.39, 0.29) is 11.8 Å². The van der Waals surface area contributed by atoms with Gasteiger partial charge in [0.05, 0.1) is 17.3 Å². The number of nitrogens with zero attached hydrogens (tertiary/aromatic N) is 4. The van der Waals surface area contributed by atoms with Crippen molar-refractivity contribution < 1.29 is 9.59 Å². The standard InChI is InChI=1S/C18H19N5O2/c1-12-9-17(20-18(25)16-7-4-8-22(16)13(2)24)21-23(12)15-6-3-5-14(10-15)11-19/h3,5-6,9-10,16H,4,7-8H2,1-2H3,(H,20,21,25). The molecule has 0 saturated carbocycles. The molecule has 1 N–H and O–H groups in total. The predicted octanol–water partition coefficient (Wildman–Crippen LogP) is 2.00. The highest BCUT2D eigenvalue weighted by molar-refractivity contribution is 5.96. The number of carbonyl (C=O) groups excluding carboxylic acids is 2. The zero-order valence-corrected chi connectivity index (χ0v) is 14.2. The molecule has 0 spiro atoms. The number of nitriles is 1. The molecule has 1 aromatic carbocycles. The topological polar surface area (TPSA) is 91.0 Å². The molecule has 25 heavy (non-hydrogen) atoms. The summed E-state index contributed by atoms with van der Waals surface area (Å²) in [7, 11) is 0. The second kappa shape index (κ2) is 6.77. The van der Waals surface area contributed by atoms with Gasteiger partial charge in [-0.2, -0.15) is 5.26 Å². The number of hydrogen-bond donors (Lipinski definition) is 1. The summed E-state index contributed by atoms with van der Waals surface area (Å²) >= 11 is 0. The number of likely N-dealkylation sites (tertiary alicyclic amines) is 1. The average molecular weight is 337 g/mol. The van der Waals surface area contributed by atoms with Crippen LogP contribution in [-0.4, -0.2) is 39.1 Å². The summed E-state index contributed by atoms with van der Waals surface area (Å²) in [6.07, 6.45) is 1.49. The Labute approximate surface area is 145 Å². The molecular weight excluding hydrogens is 318 g/mol. The maximum Gasteiger partial charge on any atom is 0.248 e. The first kappa shape index (κ1) is 16.7. The van der Waals surface area contributed by atoms with Crippen LogP contribution in [0.3, 0.4) is 0 Å². The largest absolute Gasteiger partial charge is 0.331 e. The van der Waals surface area contributed by atoms with Gasteiger partial charge in [-0.3, -0.25) is 9.59 Å². The highest BCUT2D eigenvalue weighted by atomic mass is 16.2. The first-order valence-corrected chi connectivity index (χ1v) is 8.15. The molecule has 0 radical (unpaired) electrons. The van der Waals surface area contributed by atoms with Gasteiger partial charge < -0.3 is 10.2 Å². The van der Waals surface area contributed by atoms with Crippen LogP contribution in [0.4, 0.5) is 5.82 Å². The highest BCUT2D eigenvalue weighted by Crippen LogP contribution is 2.20. The minimum Gasteiger partial charge on any atom is -0.331 e. The quantitative estimate of drug-likeness (QED) is 0.927. The Hall–Kier alpha value is -3.14. The fourth-order valence-electron chi connectivity index (χ4n) is 3.13. The van der Waals surface area contributed by atoms with Crippen LogP contribution in [0.25, 0.3) is 5.69 Å². The summed E-state index contributed by atoms with van der Waals surface area (Å²) in [6, 6.07) is 10.5. The number of anilines is 1. The Morgan fingerprint density at radius 1 is 1.36 bits per heavy atom. The Bertz CT molecular complexity index is 865. The van der Waals surface area contributed by atoms with Crippen molar-refractivity contribution in [1.29, 1.82) is 5.26 Å². The highest BCUT2D eigenvalue weighted by Gasteiger charge is 2.32. The van der Waals surface area contributed by atoms with E-state index in [2.05, 4.69) is 16.5 Å². The van der Waals surface area contributed by atoms with E-state index in [1.54, 1.807) is 33.8 Å². The zero-order valence-electron chi connectivity index (χ0n) is 14.2. The normalized spacial score (nSPS) is 16.5. The molecule has 0 bridgehead atoms. The number of carbonyl (C=O) groups is 2. The molecule has 3 rings (SSSR count). The molecular formula is C18H19N5O2. The third-order valence-electron chi connectivity index (χ3n) is 4.32. The van der Waals surface area contributed by atoms with Gasteiger partial charge in [-0.05, 0) is 38.0 Å². The van der Waals surface area contributed by atoms with E-state index < -0.39 is 6.04 Å². The molecule has 128 valence electrons. The van der Waals surface area contributed by atoms with Crippen molar-refractivity contribution in [2.75, 3.05) is 11.9 Å². The number of benzene rings is 1. The first-order valence-electron chi connectivity index (χ1n) is 8.15. The number of nitrogens with one attached hydrogen (secondary N) is 1. The SMILES string of the molecule is CC(=O)N1CCCC1C(=O)Nc1cc(C)n(-c2cccc(C#N)c2)n1. The van der Waals surface area contributed by atoms with E-state index in [1.165, 1.54) is 6.92 Å². The van der Waals surface area contributed by atoms with Crippen molar-refractivity contribution in [3.8, 4) is 11.8 Å². The lowest BCUT2D eigenvalue weighted by atomic mass is 10.2. The van der Waals surface area contributed by atoms with Crippen LogP contribution in [0, 0.1) is 18.3 Å². The fraction of sp³-hybridized carbons (Fsp3) is 0.333. The lowest BCUT2D eigenvalue weighted by molar-refractivity contribution is -0.134. The Morgan fingerprint density at radius 3 is 2.88 bits per heavy atom. The van der Waals surface area contributed by atoms with Crippen molar-refractivity contribution in [2.24, 2.45) is 0 Å². The van der Waals surface area contributed by atoms with Gasteiger partial charge in [0.25, 0.3) is 0 Å².